The van der Waals surface area contributed by atoms with Crippen molar-refractivity contribution in [3.05, 3.63) is 58.9 Å². The van der Waals surface area contributed by atoms with E-state index in [2.05, 4.69) is 9.97 Å². The van der Waals surface area contributed by atoms with Gasteiger partial charge in [0.2, 0.25) is 0 Å². The molecule has 1 heterocycles. The molecule has 21 heavy (non-hydrogen) atoms. The van der Waals surface area contributed by atoms with Crippen molar-refractivity contribution in [3.63, 3.8) is 0 Å². The molecule has 3 nitrogen and oxygen atoms in total. The summed E-state index contributed by atoms with van der Waals surface area (Å²) in [4.78, 5) is 6.98. The van der Waals surface area contributed by atoms with E-state index >= 15 is 0 Å². The maximum atomic E-state index is 13.6. The van der Waals surface area contributed by atoms with Crippen LogP contribution in [0.4, 0.5) is 8.78 Å². The Labute approximate surface area is 124 Å². The number of hydrogen-bond acceptors (Lipinski definition) is 2. The van der Waals surface area contributed by atoms with E-state index in [1.165, 1.54) is 6.07 Å². The average Bonchev–Trinajstić information content (AvgIpc) is 2.83. The summed E-state index contributed by atoms with van der Waals surface area (Å²) in [6, 6.07) is 8.92. The molecule has 0 saturated carbocycles. The molecule has 6 heteroatoms. The van der Waals surface area contributed by atoms with Crippen LogP contribution in [0, 0.1) is 11.6 Å². The number of ether oxygens (including phenoxy) is 1. The fourth-order valence-electron chi connectivity index (χ4n) is 2.05. The Kier molecular flexibility index (Phi) is 3.51. The summed E-state index contributed by atoms with van der Waals surface area (Å²) < 4.78 is 32.5. The third-order valence-electron chi connectivity index (χ3n) is 3.02. The molecule has 2 aromatic carbocycles. The average molecular weight is 309 g/mol. The van der Waals surface area contributed by atoms with E-state index in [1.54, 1.807) is 31.2 Å². The van der Waals surface area contributed by atoms with Crippen molar-refractivity contribution in [3.8, 4) is 5.75 Å². The number of aromatic nitrogens is 2. The van der Waals surface area contributed by atoms with E-state index in [0.717, 1.165) is 6.07 Å². The second kappa shape index (κ2) is 5.33. The molecule has 0 aliphatic heterocycles. The minimum absolute atomic E-state index is 0.0907. The lowest BCUT2D eigenvalue weighted by Crippen LogP contribution is -2.04. The third kappa shape index (κ3) is 2.83. The van der Waals surface area contributed by atoms with Crippen LogP contribution < -0.4 is 4.74 Å². The molecule has 1 N–H and O–H groups in total. The van der Waals surface area contributed by atoms with Crippen molar-refractivity contribution in [1.82, 2.24) is 9.97 Å². The molecule has 108 valence electrons. The first-order valence-corrected chi connectivity index (χ1v) is 6.67. The quantitative estimate of drug-likeness (QED) is 0.765. The van der Waals surface area contributed by atoms with E-state index < -0.39 is 17.7 Å². The van der Waals surface area contributed by atoms with Gasteiger partial charge in [-0.15, -0.1) is 0 Å². The summed E-state index contributed by atoms with van der Waals surface area (Å²) in [5.74, 6) is -0.377. The minimum Gasteiger partial charge on any atom is -0.483 e. The van der Waals surface area contributed by atoms with Crippen LogP contribution in [0.3, 0.4) is 0 Å². The Hall–Kier alpha value is -2.14. The molecular weight excluding hydrogens is 298 g/mol. The van der Waals surface area contributed by atoms with Crippen LogP contribution in [0.5, 0.6) is 5.75 Å². The fraction of sp³-hybridized carbons (Fsp3) is 0.133. The molecule has 0 radical (unpaired) electrons. The van der Waals surface area contributed by atoms with Gasteiger partial charge in [0.15, 0.2) is 11.9 Å². The molecular formula is C15H11ClF2N2O. The van der Waals surface area contributed by atoms with Crippen LogP contribution in [0.2, 0.25) is 5.02 Å². The molecule has 1 atom stereocenters. The number of benzene rings is 2. The molecule has 0 spiro atoms. The van der Waals surface area contributed by atoms with Gasteiger partial charge >= 0.3 is 0 Å². The van der Waals surface area contributed by atoms with Crippen LogP contribution in [0.1, 0.15) is 18.9 Å². The van der Waals surface area contributed by atoms with Crippen LogP contribution in [-0.2, 0) is 0 Å². The summed E-state index contributed by atoms with van der Waals surface area (Å²) in [7, 11) is 0. The van der Waals surface area contributed by atoms with Gasteiger partial charge in [0, 0.05) is 11.1 Å². The first-order valence-electron chi connectivity index (χ1n) is 6.30. The summed E-state index contributed by atoms with van der Waals surface area (Å²) >= 11 is 5.88. The number of fused-ring (bicyclic) bond motifs is 1. The Morgan fingerprint density at radius 2 is 2.05 bits per heavy atom. The van der Waals surface area contributed by atoms with Crippen molar-refractivity contribution in [2.45, 2.75) is 13.0 Å². The number of aromatic amines is 1. The molecule has 0 saturated heterocycles. The second-order valence-electron chi connectivity index (χ2n) is 4.62. The second-order valence-corrected chi connectivity index (χ2v) is 5.06. The zero-order valence-corrected chi connectivity index (χ0v) is 11.8. The smallest absolute Gasteiger partial charge is 0.153 e. The summed E-state index contributed by atoms with van der Waals surface area (Å²) in [5, 5.41) is 0.553. The minimum atomic E-state index is -0.706. The van der Waals surface area contributed by atoms with E-state index in [0.29, 0.717) is 22.1 Å². The van der Waals surface area contributed by atoms with Crippen molar-refractivity contribution in [1.29, 1.82) is 0 Å². The normalized spacial score (nSPS) is 12.6. The molecule has 1 aromatic heterocycles. The lowest BCUT2D eigenvalue weighted by Gasteiger charge is -2.12. The standard InChI is InChI=1S/C15H11ClF2N2O/c1-8(21-11-4-2-3-9(16)5-11)15-19-13-7-10(17)6-12(18)14(13)20-15/h2-8H,1H3,(H,19,20). The van der Waals surface area contributed by atoms with Crippen molar-refractivity contribution < 1.29 is 13.5 Å². The molecule has 0 aliphatic rings. The van der Waals surface area contributed by atoms with Gasteiger partial charge in [0.1, 0.15) is 22.9 Å². The highest BCUT2D eigenvalue weighted by atomic mass is 35.5. The molecule has 0 fully saturated rings. The summed E-state index contributed by atoms with van der Waals surface area (Å²) in [5.41, 5.74) is 0.386. The van der Waals surface area contributed by atoms with Crippen molar-refractivity contribution >= 4 is 22.6 Å². The van der Waals surface area contributed by atoms with Crippen molar-refractivity contribution in [2.75, 3.05) is 0 Å². The highest BCUT2D eigenvalue weighted by Crippen LogP contribution is 2.25. The number of H-pyrrole nitrogens is 1. The number of nitrogens with one attached hydrogen (secondary N) is 1. The number of imidazole rings is 1. The van der Waals surface area contributed by atoms with Crippen LogP contribution >= 0.6 is 11.6 Å². The van der Waals surface area contributed by atoms with Gasteiger partial charge in [0.25, 0.3) is 0 Å². The zero-order valence-electron chi connectivity index (χ0n) is 11.0. The first kappa shape index (κ1) is 13.8. The number of hydrogen-bond donors (Lipinski definition) is 1. The Balaban J connectivity index is 1.91. The molecule has 0 bridgehead atoms. The van der Waals surface area contributed by atoms with Gasteiger partial charge in [-0.05, 0) is 31.2 Å². The SMILES string of the molecule is CC(Oc1cccc(Cl)c1)c1nc2c(F)cc(F)cc2[nH]1. The van der Waals surface area contributed by atoms with Crippen LogP contribution in [0.15, 0.2) is 36.4 Å². The van der Waals surface area contributed by atoms with Gasteiger partial charge in [-0.1, -0.05) is 17.7 Å². The largest absolute Gasteiger partial charge is 0.483 e. The summed E-state index contributed by atoms with van der Waals surface area (Å²) in [6.45, 7) is 1.76. The summed E-state index contributed by atoms with van der Waals surface area (Å²) in [6.07, 6.45) is -0.460. The van der Waals surface area contributed by atoms with Gasteiger partial charge < -0.3 is 9.72 Å². The lowest BCUT2D eigenvalue weighted by atomic mass is 10.3. The molecule has 3 aromatic rings. The molecule has 1 unspecified atom stereocenters. The predicted octanol–water partition coefficient (Wildman–Crippen LogP) is 4.63. The van der Waals surface area contributed by atoms with E-state index in [4.69, 9.17) is 16.3 Å². The first-order chi connectivity index (χ1) is 10.0. The maximum Gasteiger partial charge on any atom is 0.153 e. The van der Waals surface area contributed by atoms with Crippen LogP contribution in [0.25, 0.3) is 11.0 Å². The van der Waals surface area contributed by atoms with E-state index in [9.17, 15) is 8.78 Å². The fourth-order valence-corrected chi connectivity index (χ4v) is 2.23. The van der Waals surface area contributed by atoms with E-state index in [-0.39, 0.29) is 5.52 Å². The maximum absolute atomic E-state index is 13.6. The Morgan fingerprint density at radius 3 is 2.81 bits per heavy atom. The van der Waals surface area contributed by atoms with Gasteiger partial charge in [-0.2, -0.15) is 0 Å². The number of halogens is 3. The highest BCUT2D eigenvalue weighted by Gasteiger charge is 2.15. The number of nitrogens with zero attached hydrogens (tertiary/aromatic N) is 1. The predicted molar refractivity (Wildman–Crippen MR) is 76.5 cm³/mol. The lowest BCUT2D eigenvalue weighted by molar-refractivity contribution is 0.218. The van der Waals surface area contributed by atoms with Gasteiger partial charge in [0.05, 0.1) is 5.52 Å². The Morgan fingerprint density at radius 1 is 1.24 bits per heavy atom. The number of rotatable bonds is 3. The Bertz CT molecular complexity index is 803. The topological polar surface area (TPSA) is 37.9 Å². The van der Waals surface area contributed by atoms with E-state index in [1.807, 2.05) is 0 Å². The third-order valence-corrected chi connectivity index (χ3v) is 3.25. The van der Waals surface area contributed by atoms with Gasteiger partial charge in [-0.25, -0.2) is 13.8 Å². The molecule has 0 aliphatic carbocycles. The molecule has 3 rings (SSSR count). The highest BCUT2D eigenvalue weighted by molar-refractivity contribution is 6.30. The molecule has 0 amide bonds. The van der Waals surface area contributed by atoms with Gasteiger partial charge in [-0.3, -0.25) is 0 Å². The van der Waals surface area contributed by atoms with Crippen molar-refractivity contribution in [2.24, 2.45) is 0 Å². The van der Waals surface area contributed by atoms with Crippen LogP contribution in [-0.4, -0.2) is 9.97 Å². The zero-order chi connectivity index (χ0) is 15.0. The monoisotopic (exact) mass is 308 g/mol.